The third-order valence-electron chi connectivity index (χ3n) is 2.45. The number of anilines is 2. The molecule has 7 nitrogen and oxygen atoms in total. The van der Waals surface area contributed by atoms with E-state index in [-0.39, 0.29) is 10.9 Å². The molecule has 3 aromatic rings. The van der Waals surface area contributed by atoms with Gasteiger partial charge in [-0.3, -0.25) is 4.79 Å². The summed E-state index contributed by atoms with van der Waals surface area (Å²) >= 11 is 8.31. The SMILES string of the molecule is CNc1nnc(C(=O)Nc2c(Cl)ccc3nsnc23)s1. The minimum atomic E-state index is -0.383. The number of carbonyl (C=O) groups excluding carboxylic acids is 1. The average molecular weight is 327 g/mol. The summed E-state index contributed by atoms with van der Waals surface area (Å²) in [5.74, 6) is -0.383. The van der Waals surface area contributed by atoms with Crippen LogP contribution in [0.25, 0.3) is 11.0 Å². The van der Waals surface area contributed by atoms with Gasteiger partial charge in [-0.25, -0.2) is 0 Å². The second-order valence-corrected chi connectivity index (χ2v) is 5.58. The van der Waals surface area contributed by atoms with E-state index in [0.717, 1.165) is 23.1 Å². The maximum absolute atomic E-state index is 12.1. The number of carbonyl (C=O) groups is 1. The molecule has 2 aromatic heterocycles. The van der Waals surface area contributed by atoms with Crippen molar-refractivity contribution in [3.8, 4) is 0 Å². The summed E-state index contributed by atoms with van der Waals surface area (Å²) < 4.78 is 8.24. The van der Waals surface area contributed by atoms with Gasteiger partial charge in [-0.2, -0.15) is 8.75 Å². The van der Waals surface area contributed by atoms with Crippen LogP contribution in [0.2, 0.25) is 5.02 Å². The summed E-state index contributed by atoms with van der Waals surface area (Å²) in [6, 6.07) is 3.42. The van der Waals surface area contributed by atoms with Gasteiger partial charge in [0, 0.05) is 7.05 Å². The van der Waals surface area contributed by atoms with Crippen molar-refractivity contribution in [3.05, 3.63) is 22.2 Å². The van der Waals surface area contributed by atoms with E-state index in [0.29, 0.717) is 26.9 Å². The van der Waals surface area contributed by atoms with Crippen molar-refractivity contribution < 1.29 is 4.79 Å². The largest absolute Gasteiger partial charge is 0.363 e. The van der Waals surface area contributed by atoms with E-state index < -0.39 is 0 Å². The van der Waals surface area contributed by atoms with Gasteiger partial charge in [-0.1, -0.05) is 22.9 Å². The molecule has 0 fully saturated rings. The molecule has 0 aliphatic rings. The number of nitrogens with one attached hydrogen (secondary N) is 2. The average Bonchev–Trinajstić information content (AvgIpc) is 3.09. The number of aromatic nitrogens is 4. The zero-order valence-corrected chi connectivity index (χ0v) is 12.4. The smallest absolute Gasteiger partial charge is 0.286 e. The van der Waals surface area contributed by atoms with Crippen molar-refractivity contribution in [2.75, 3.05) is 17.7 Å². The van der Waals surface area contributed by atoms with Gasteiger partial charge in [0.1, 0.15) is 11.0 Å². The van der Waals surface area contributed by atoms with Crippen LogP contribution in [-0.4, -0.2) is 31.9 Å². The third kappa shape index (κ3) is 2.30. The van der Waals surface area contributed by atoms with E-state index in [1.165, 1.54) is 0 Å². The van der Waals surface area contributed by atoms with Gasteiger partial charge in [0.2, 0.25) is 10.1 Å². The topological polar surface area (TPSA) is 92.7 Å². The lowest BCUT2D eigenvalue weighted by atomic mass is 10.2. The Labute approximate surface area is 126 Å². The highest BCUT2D eigenvalue weighted by atomic mass is 35.5. The Morgan fingerprint density at radius 2 is 2.15 bits per heavy atom. The van der Waals surface area contributed by atoms with Crippen LogP contribution < -0.4 is 10.6 Å². The summed E-state index contributed by atoms with van der Waals surface area (Å²) in [7, 11) is 1.71. The van der Waals surface area contributed by atoms with Crippen LogP contribution in [0.5, 0.6) is 0 Å². The monoisotopic (exact) mass is 326 g/mol. The Kier molecular flexibility index (Phi) is 3.47. The molecule has 0 atom stereocenters. The van der Waals surface area contributed by atoms with Gasteiger partial charge in [0.15, 0.2) is 0 Å². The Hall–Kier alpha value is -1.84. The van der Waals surface area contributed by atoms with E-state index in [9.17, 15) is 4.79 Å². The zero-order chi connectivity index (χ0) is 14.1. The van der Waals surface area contributed by atoms with Crippen LogP contribution in [0.15, 0.2) is 12.1 Å². The van der Waals surface area contributed by atoms with Gasteiger partial charge < -0.3 is 10.6 Å². The number of benzene rings is 1. The molecule has 0 saturated carbocycles. The van der Waals surface area contributed by atoms with Gasteiger partial charge in [0.05, 0.1) is 22.4 Å². The molecule has 0 radical (unpaired) electrons. The highest BCUT2D eigenvalue weighted by molar-refractivity contribution is 7.17. The van der Waals surface area contributed by atoms with Crippen molar-refractivity contribution in [1.82, 2.24) is 18.9 Å². The first-order chi connectivity index (χ1) is 9.69. The highest BCUT2D eigenvalue weighted by Crippen LogP contribution is 2.30. The lowest BCUT2D eigenvalue weighted by molar-refractivity contribution is 0.102. The molecule has 2 N–H and O–H groups in total. The maximum atomic E-state index is 12.1. The highest BCUT2D eigenvalue weighted by Gasteiger charge is 2.17. The molecule has 0 unspecified atom stereocenters. The second-order valence-electron chi connectivity index (χ2n) is 3.67. The molecule has 20 heavy (non-hydrogen) atoms. The first-order valence-corrected chi connectivity index (χ1v) is 7.35. The van der Waals surface area contributed by atoms with E-state index in [1.807, 2.05) is 0 Å². The maximum Gasteiger partial charge on any atom is 0.286 e. The number of nitrogens with zero attached hydrogens (tertiary/aromatic N) is 4. The Morgan fingerprint density at radius 3 is 2.90 bits per heavy atom. The molecule has 1 amide bonds. The third-order valence-corrected chi connectivity index (χ3v) is 4.25. The van der Waals surface area contributed by atoms with E-state index in [4.69, 9.17) is 11.6 Å². The molecule has 0 aliphatic carbocycles. The number of amides is 1. The Balaban J connectivity index is 1.94. The van der Waals surface area contributed by atoms with Crippen molar-refractivity contribution >= 4 is 62.4 Å². The number of rotatable bonds is 3. The van der Waals surface area contributed by atoms with Crippen LogP contribution in [0.1, 0.15) is 9.80 Å². The van der Waals surface area contributed by atoms with Gasteiger partial charge >= 0.3 is 0 Å². The quantitative estimate of drug-likeness (QED) is 0.768. The molecule has 102 valence electrons. The Morgan fingerprint density at radius 1 is 1.30 bits per heavy atom. The fourth-order valence-electron chi connectivity index (χ4n) is 1.53. The minimum Gasteiger partial charge on any atom is -0.363 e. The molecule has 0 saturated heterocycles. The summed E-state index contributed by atoms with van der Waals surface area (Å²) in [5, 5.41) is 14.3. The van der Waals surface area contributed by atoms with Gasteiger partial charge in [-0.05, 0) is 12.1 Å². The van der Waals surface area contributed by atoms with Crippen LogP contribution in [0.3, 0.4) is 0 Å². The summed E-state index contributed by atoms with van der Waals surface area (Å²) in [6.45, 7) is 0. The lowest BCUT2D eigenvalue weighted by Crippen LogP contribution is -2.12. The number of hydrogen-bond donors (Lipinski definition) is 2. The minimum absolute atomic E-state index is 0.241. The van der Waals surface area contributed by atoms with Gasteiger partial charge in [-0.15, -0.1) is 10.2 Å². The molecule has 2 heterocycles. The predicted molar refractivity (Wildman–Crippen MR) is 79.8 cm³/mol. The van der Waals surface area contributed by atoms with E-state index >= 15 is 0 Å². The Bertz CT molecular complexity index is 785. The van der Waals surface area contributed by atoms with Crippen molar-refractivity contribution in [2.24, 2.45) is 0 Å². The van der Waals surface area contributed by atoms with Crippen molar-refractivity contribution in [2.45, 2.75) is 0 Å². The zero-order valence-electron chi connectivity index (χ0n) is 10.0. The van der Waals surface area contributed by atoms with Gasteiger partial charge in [0.25, 0.3) is 5.91 Å². The fraction of sp³-hybridized carbons (Fsp3) is 0.100. The summed E-state index contributed by atoms with van der Waals surface area (Å²) in [5.41, 5.74) is 1.68. The van der Waals surface area contributed by atoms with Crippen LogP contribution in [-0.2, 0) is 0 Å². The molecule has 0 aliphatic heterocycles. The molecule has 0 spiro atoms. The second kappa shape index (κ2) is 5.27. The molecule has 1 aromatic carbocycles. The molecule has 3 rings (SSSR count). The molecular weight excluding hydrogens is 320 g/mol. The molecular formula is C10H7ClN6OS2. The predicted octanol–water partition coefficient (Wildman–Crippen LogP) is 2.49. The number of fused-ring (bicyclic) bond motifs is 1. The fourth-order valence-corrected chi connectivity index (χ4v) is 2.86. The standard InChI is InChI=1S/C10H7ClN6OS2/c1-12-10-15-14-9(19-10)8(18)13-6-4(11)2-3-5-7(6)17-20-16-5/h2-3H,1H3,(H,12,15)(H,13,18). The van der Waals surface area contributed by atoms with E-state index in [2.05, 4.69) is 29.6 Å². The first kappa shape index (κ1) is 13.2. The summed E-state index contributed by atoms with van der Waals surface area (Å²) in [4.78, 5) is 12.1. The molecule has 10 heteroatoms. The van der Waals surface area contributed by atoms with E-state index in [1.54, 1.807) is 19.2 Å². The van der Waals surface area contributed by atoms with Crippen LogP contribution >= 0.6 is 34.7 Å². The van der Waals surface area contributed by atoms with Crippen LogP contribution in [0.4, 0.5) is 10.8 Å². The number of halogens is 1. The van der Waals surface area contributed by atoms with Crippen molar-refractivity contribution in [3.63, 3.8) is 0 Å². The van der Waals surface area contributed by atoms with Crippen molar-refractivity contribution in [1.29, 1.82) is 0 Å². The number of hydrogen-bond acceptors (Lipinski definition) is 8. The van der Waals surface area contributed by atoms with Crippen LogP contribution in [0, 0.1) is 0 Å². The lowest BCUT2D eigenvalue weighted by Gasteiger charge is -2.05. The first-order valence-electron chi connectivity index (χ1n) is 5.42. The summed E-state index contributed by atoms with van der Waals surface area (Å²) in [6.07, 6.45) is 0. The normalized spacial score (nSPS) is 10.7. The molecule has 0 bridgehead atoms.